The second-order valence-electron chi connectivity index (χ2n) is 5.14. The van der Waals surface area contributed by atoms with Crippen LogP contribution < -0.4 is 11.1 Å². The Morgan fingerprint density at radius 3 is 2.78 bits per heavy atom. The van der Waals surface area contributed by atoms with E-state index < -0.39 is 17.8 Å². The van der Waals surface area contributed by atoms with Crippen molar-refractivity contribution < 1.29 is 14.0 Å². The van der Waals surface area contributed by atoms with Gasteiger partial charge >= 0.3 is 6.03 Å². The van der Waals surface area contributed by atoms with E-state index in [9.17, 15) is 14.0 Å². The van der Waals surface area contributed by atoms with Gasteiger partial charge in [0.25, 0.3) is 0 Å². The zero-order valence-electron chi connectivity index (χ0n) is 12.7. The molecule has 0 aliphatic rings. The topological polar surface area (TPSA) is 88.3 Å². The number of benzene rings is 1. The standard InChI is InChI=1S/C15H17FN4O2S/c1-9(14-18-5-6-23-14)8-20(2)15(22)19-12-4-3-10(13(17)21)7-11(12)16/h3-7,9H,8H2,1-2H3,(H2,17,21)(H,19,22). The Morgan fingerprint density at radius 2 is 2.22 bits per heavy atom. The number of urea groups is 1. The molecule has 6 nitrogen and oxygen atoms in total. The molecule has 1 heterocycles. The first kappa shape index (κ1) is 16.9. The van der Waals surface area contributed by atoms with Gasteiger partial charge in [0.15, 0.2) is 0 Å². The lowest BCUT2D eigenvalue weighted by atomic mass is 10.2. The molecular weight excluding hydrogens is 319 g/mol. The zero-order valence-corrected chi connectivity index (χ0v) is 13.6. The van der Waals surface area contributed by atoms with Gasteiger partial charge in [-0.25, -0.2) is 14.2 Å². The summed E-state index contributed by atoms with van der Waals surface area (Å²) in [7, 11) is 1.62. The van der Waals surface area contributed by atoms with Crippen LogP contribution in [0.25, 0.3) is 0 Å². The summed E-state index contributed by atoms with van der Waals surface area (Å²) in [6.07, 6.45) is 1.71. The number of hydrogen-bond acceptors (Lipinski definition) is 4. The number of amides is 3. The van der Waals surface area contributed by atoms with Gasteiger partial charge in [-0.1, -0.05) is 6.92 Å². The third-order valence-electron chi connectivity index (χ3n) is 3.26. The molecule has 3 N–H and O–H groups in total. The molecule has 23 heavy (non-hydrogen) atoms. The first-order valence-corrected chi connectivity index (χ1v) is 7.77. The number of rotatable bonds is 5. The first-order chi connectivity index (χ1) is 10.9. The van der Waals surface area contributed by atoms with E-state index in [0.29, 0.717) is 6.54 Å². The molecule has 122 valence electrons. The molecule has 3 amide bonds. The predicted octanol–water partition coefficient (Wildman–Crippen LogP) is 2.65. The van der Waals surface area contributed by atoms with Gasteiger partial charge in [-0.2, -0.15) is 0 Å². The number of carbonyl (C=O) groups excluding carboxylic acids is 2. The van der Waals surface area contributed by atoms with Crippen molar-refractivity contribution in [2.75, 3.05) is 18.9 Å². The van der Waals surface area contributed by atoms with Crippen molar-refractivity contribution >= 4 is 29.0 Å². The van der Waals surface area contributed by atoms with Crippen LogP contribution in [0.2, 0.25) is 0 Å². The van der Waals surface area contributed by atoms with Gasteiger partial charge in [-0.3, -0.25) is 4.79 Å². The van der Waals surface area contributed by atoms with Crippen molar-refractivity contribution in [2.45, 2.75) is 12.8 Å². The fourth-order valence-corrected chi connectivity index (χ4v) is 2.72. The van der Waals surface area contributed by atoms with Crippen LogP contribution in [0.3, 0.4) is 0 Å². The molecule has 0 bridgehead atoms. The number of likely N-dealkylation sites (N-methyl/N-ethyl adjacent to an activating group) is 1. The third kappa shape index (κ3) is 4.26. The second-order valence-corrected chi connectivity index (χ2v) is 6.07. The summed E-state index contributed by atoms with van der Waals surface area (Å²) in [5, 5.41) is 5.28. The Morgan fingerprint density at radius 1 is 1.48 bits per heavy atom. The molecule has 1 aromatic carbocycles. The van der Waals surface area contributed by atoms with E-state index >= 15 is 0 Å². The number of nitrogens with two attached hydrogens (primary N) is 1. The highest BCUT2D eigenvalue weighted by Crippen LogP contribution is 2.20. The van der Waals surface area contributed by atoms with Crippen molar-refractivity contribution in [1.82, 2.24) is 9.88 Å². The van der Waals surface area contributed by atoms with Gasteiger partial charge in [-0.15, -0.1) is 11.3 Å². The first-order valence-electron chi connectivity index (χ1n) is 6.89. The Balaban J connectivity index is 1.99. The number of nitrogens with zero attached hydrogens (tertiary/aromatic N) is 2. The minimum atomic E-state index is -0.726. The average Bonchev–Trinajstić information content (AvgIpc) is 3.03. The largest absolute Gasteiger partial charge is 0.366 e. The number of halogens is 1. The number of carbonyl (C=O) groups is 2. The number of aromatic nitrogens is 1. The molecule has 1 aromatic heterocycles. The quantitative estimate of drug-likeness (QED) is 0.880. The molecule has 0 radical (unpaired) electrons. The maximum absolute atomic E-state index is 13.9. The van der Waals surface area contributed by atoms with Gasteiger partial charge in [0.05, 0.1) is 10.7 Å². The van der Waals surface area contributed by atoms with E-state index in [1.54, 1.807) is 13.2 Å². The van der Waals surface area contributed by atoms with E-state index in [1.807, 2.05) is 12.3 Å². The minimum absolute atomic E-state index is 0.00579. The lowest BCUT2D eigenvalue weighted by Gasteiger charge is -2.21. The fraction of sp³-hybridized carbons (Fsp3) is 0.267. The highest BCUT2D eigenvalue weighted by atomic mass is 32.1. The SMILES string of the molecule is CC(CN(C)C(=O)Nc1ccc(C(N)=O)cc1F)c1nccs1. The maximum Gasteiger partial charge on any atom is 0.321 e. The average molecular weight is 336 g/mol. The summed E-state index contributed by atoms with van der Waals surface area (Å²) in [6.45, 7) is 2.41. The van der Waals surface area contributed by atoms with Crippen LogP contribution in [0, 0.1) is 5.82 Å². The summed E-state index contributed by atoms with van der Waals surface area (Å²) in [4.78, 5) is 28.8. The van der Waals surface area contributed by atoms with Crippen LogP contribution in [-0.4, -0.2) is 35.4 Å². The van der Waals surface area contributed by atoms with Crippen molar-refractivity contribution in [1.29, 1.82) is 0 Å². The molecule has 1 unspecified atom stereocenters. The summed E-state index contributed by atoms with van der Waals surface area (Å²) in [6, 6.07) is 3.22. The predicted molar refractivity (Wildman–Crippen MR) is 87.1 cm³/mol. The Kier molecular flexibility index (Phi) is 5.28. The number of thiazole rings is 1. The number of primary amides is 1. The normalized spacial score (nSPS) is 11.8. The van der Waals surface area contributed by atoms with Crippen LogP contribution >= 0.6 is 11.3 Å². The van der Waals surface area contributed by atoms with Crippen LogP contribution in [0.4, 0.5) is 14.9 Å². The lowest BCUT2D eigenvalue weighted by molar-refractivity contribution is 0.1000. The van der Waals surface area contributed by atoms with E-state index in [4.69, 9.17) is 5.73 Å². The highest BCUT2D eigenvalue weighted by molar-refractivity contribution is 7.09. The Labute approximate surface area is 137 Å². The second kappa shape index (κ2) is 7.19. The van der Waals surface area contributed by atoms with Gasteiger partial charge in [0, 0.05) is 36.7 Å². The molecule has 0 fully saturated rings. The molecule has 0 aliphatic heterocycles. The monoisotopic (exact) mass is 336 g/mol. The van der Waals surface area contributed by atoms with Crippen LogP contribution in [0.1, 0.15) is 28.2 Å². The molecule has 0 saturated carbocycles. The Hall–Kier alpha value is -2.48. The zero-order chi connectivity index (χ0) is 17.0. The molecule has 1 atom stereocenters. The third-order valence-corrected chi connectivity index (χ3v) is 4.27. The van der Waals surface area contributed by atoms with Crippen molar-refractivity contribution in [2.24, 2.45) is 5.73 Å². The maximum atomic E-state index is 13.9. The molecular formula is C15H17FN4O2S. The molecule has 0 spiro atoms. The van der Waals surface area contributed by atoms with Crippen molar-refractivity contribution in [3.8, 4) is 0 Å². The van der Waals surface area contributed by atoms with E-state index in [0.717, 1.165) is 11.1 Å². The molecule has 0 saturated heterocycles. The van der Waals surface area contributed by atoms with Crippen LogP contribution in [-0.2, 0) is 0 Å². The fourth-order valence-electron chi connectivity index (χ4n) is 2.03. The molecule has 8 heteroatoms. The summed E-state index contributed by atoms with van der Waals surface area (Å²) in [5.74, 6) is -1.36. The summed E-state index contributed by atoms with van der Waals surface area (Å²) in [5.41, 5.74) is 5.12. The minimum Gasteiger partial charge on any atom is -0.366 e. The summed E-state index contributed by atoms with van der Waals surface area (Å²) >= 11 is 1.52. The summed E-state index contributed by atoms with van der Waals surface area (Å²) < 4.78 is 13.9. The Bertz CT molecular complexity index is 706. The lowest BCUT2D eigenvalue weighted by Crippen LogP contribution is -2.34. The molecule has 0 aliphatic carbocycles. The van der Waals surface area contributed by atoms with Crippen molar-refractivity contribution in [3.63, 3.8) is 0 Å². The van der Waals surface area contributed by atoms with Gasteiger partial charge in [0.1, 0.15) is 5.82 Å². The van der Waals surface area contributed by atoms with E-state index in [1.165, 1.54) is 28.4 Å². The van der Waals surface area contributed by atoms with Gasteiger partial charge < -0.3 is 16.0 Å². The molecule has 2 rings (SSSR count). The van der Waals surface area contributed by atoms with Gasteiger partial charge in [-0.05, 0) is 18.2 Å². The number of hydrogen-bond donors (Lipinski definition) is 2. The van der Waals surface area contributed by atoms with Crippen LogP contribution in [0.15, 0.2) is 29.8 Å². The van der Waals surface area contributed by atoms with E-state index in [2.05, 4.69) is 10.3 Å². The van der Waals surface area contributed by atoms with Crippen LogP contribution in [0.5, 0.6) is 0 Å². The molecule has 2 aromatic rings. The van der Waals surface area contributed by atoms with Crippen molar-refractivity contribution in [3.05, 3.63) is 46.2 Å². The van der Waals surface area contributed by atoms with E-state index in [-0.39, 0.29) is 17.2 Å². The highest BCUT2D eigenvalue weighted by Gasteiger charge is 2.17. The van der Waals surface area contributed by atoms with Gasteiger partial charge in [0.2, 0.25) is 5.91 Å². The smallest absolute Gasteiger partial charge is 0.321 e. The number of nitrogens with one attached hydrogen (secondary N) is 1. The number of anilines is 1.